The molecule has 12 heavy (non-hydrogen) atoms. The van der Waals surface area contributed by atoms with E-state index >= 15 is 0 Å². The van der Waals surface area contributed by atoms with E-state index in [2.05, 4.69) is 15.9 Å². The smallest absolute Gasteiger partial charge is 0.306 e. The molecule has 0 spiro atoms. The van der Waals surface area contributed by atoms with Gasteiger partial charge in [0.1, 0.15) is 6.61 Å². The minimum absolute atomic E-state index is 0.0205. The van der Waals surface area contributed by atoms with Crippen molar-refractivity contribution >= 4 is 21.9 Å². The first-order valence-electron chi connectivity index (χ1n) is 4.11. The van der Waals surface area contributed by atoms with E-state index in [1.54, 1.807) is 0 Å². The van der Waals surface area contributed by atoms with Gasteiger partial charge in [0.05, 0.1) is 6.42 Å². The van der Waals surface area contributed by atoms with Gasteiger partial charge in [-0.1, -0.05) is 36.7 Å². The first-order chi connectivity index (χ1) is 5.31. The predicted molar refractivity (Wildman–Crippen MR) is 53.4 cm³/mol. The second-order valence-electron chi connectivity index (χ2n) is 4.20. The molecule has 0 aliphatic rings. The highest BCUT2D eigenvalue weighted by atomic mass is 79.9. The maximum Gasteiger partial charge on any atom is 0.306 e. The normalized spacial score (nSPS) is 14.1. The summed E-state index contributed by atoms with van der Waals surface area (Å²) in [6.07, 6.45) is 0.479. The molecule has 0 aliphatic carbocycles. The lowest BCUT2D eigenvalue weighted by Crippen LogP contribution is -2.18. The van der Waals surface area contributed by atoms with Crippen molar-refractivity contribution < 1.29 is 9.53 Å². The summed E-state index contributed by atoms with van der Waals surface area (Å²) in [6.45, 7) is 8.46. The Hall–Kier alpha value is -0.0500. The Morgan fingerprint density at radius 2 is 2.00 bits per heavy atom. The summed E-state index contributed by atoms with van der Waals surface area (Å²) < 4.78 is 4.99. The second kappa shape index (κ2) is 4.85. The van der Waals surface area contributed by atoms with Gasteiger partial charge in [-0.05, 0) is 12.3 Å². The van der Waals surface area contributed by atoms with E-state index in [0.29, 0.717) is 13.0 Å². The maximum atomic E-state index is 11.1. The summed E-state index contributed by atoms with van der Waals surface area (Å²) in [5, 5.41) is 0. The SMILES string of the molecule is CC(Br)COC(=O)CC(C)(C)C. The number of ether oxygens (including phenoxy) is 1. The van der Waals surface area contributed by atoms with Crippen molar-refractivity contribution in [2.24, 2.45) is 5.41 Å². The summed E-state index contributed by atoms with van der Waals surface area (Å²) in [4.78, 5) is 11.4. The number of rotatable bonds is 3. The third kappa shape index (κ3) is 8.05. The molecule has 3 heteroatoms. The van der Waals surface area contributed by atoms with Crippen LogP contribution >= 0.6 is 15.9 Å². The van der Waals surface area contributed by atoms with Gasteiger partial charge in [-0.15, -0.1) is 0 Å². The van der Waals surface area contributed by atoms with Gasteiger partial charge in [-0.2, -0.15) is 0 Å². The van der Waals surface area contributed by atoms with E-state index in [-0.39, 0.29) is 16.2 Å². The molecule has 72 valence electrons. The fourth-order valence-electron chi connectivity index (χ4n) is 0.692. The average Bonchev–Trinajstić information content (AvgIpc) is 1.79. The standard InChI is InChI=1S/C9H17BrO2/c1-7(10)6-12-8(11)5-9(2,3)4/h7H,5-6H2,1-4H3. The molecule has 0 amide bonds. The molecule has 0 N–H and O–H groups in total. The minimum atomic E-state index is -0.117. The molecule has 0 radical (unpaired) electrons. The minimum Gasteiger partial charge on any atom is -0.464 e. The molecule has 0 saturated heterocycles. The van der Waals surface area contributed by atoms with Gasteiger partial charge in [0.15, 0.2) is 0 Å². The van der Waals surface area contributed by atoms with Crippen LogP contribution in [0.1, 0.15) is 34.1 Å². The Bertz CT molecular complexity index is 147. The lowest BCUT2D eigenvalue weighted by atomic mass is 9.92. The van der Waals surface area contributed by atoms with Crippen LogP contribution in [0.2, 0.25) is 0 Å². The number of esters is 1. The number of alkyl halides is 1. The lowest BCUT2D eigenvalue weighted by molar-refractivity contribution is -0.145. The quantitative estimate of drug-likeness (QED) is 0.557. The third-order valence-electron chi connectivity index (χ3n) is 1.15. The van der Waals surface area contributed by atoms with Gasteiger partial charge in [-0.3, -0.25) is 4.79 Å². The number of hydrogen-bond acceptors (Lipinski definition) is 2. The van der Waals surface area contributed by atoms with Crippen molar-refractivity contribution in [2.75, 3.05) is 6.61 Å². The molecule has 1 unspecified atom stereocenters. The molecular formula is C9H17BrO2. The maximum absolute atomic E-state index is 11.1. The lowest BCUT2D eigenvalue weighted by Gasteiger charge is -2.16. The molecule has 0 aliphatic heterocycles. The van der Waals surface area contributed by atoms with Crippen LogP contribution in [0.25, 0.3) is 0 Å². The summed E-state index contributed by atoms with van der Waals surface area (Å²) in [6, 6.07) is 0. The number of halogens is 1. The number of carbonyl (C=O) groups is 1. The molecule has 0 heterocycles. The summed E-state index contributed by atoms with van der Waals surface area (Å²) in [7, 11) is 0. The van der Waals surface area contributed by atoms with Crippen molar-refractivity contribution in [3.8, 4) is 0 Å². The molecule has 0 aromatic heterocycles. The summed E-state index contributed by atoms with van der Waals surface area (Å²) in [5.74, 6) is -0.117. The van der Waals surface area contributed by atoms with Crippen LogP contribution in [-0.2, 0) is 9.53 Å². The van der Waals surface area contributed by atoms with Gasteiger partial charge in [0.2, 0.25) is 0 Å². The van der Waals surface area contributed by atoms with Crippen molar-refractivity contribution in [3.63, 3.8) is 0 Å². The molecule has 0 saturated carbocycles. The van der Waals surface area contributed by atoms with Gasteiger partial charge < -0.3 is 4.74 Å². The Kier molecular flexibility index (Phi) is 4.83. The Balaban J connectivity index is 3.61. The first kappa shape index (κ1) is 11.9. The third-order valence-corrected chi connectivity index (χ3v) is 1.41. The number of hydrogen-bond donors (Lipinski definition) is 0. The van der Waals surface area contributed by atoms with E-state index in [9.17, 15) is 4.79 Å². The highest BCUT2D eigenvalue weighted by molar-refractivity contribution is 9.09. The molecular weight excluding hydrogens is 220 g/mol. The van der Waals surface area contributed by atoms with Crippen LogP contribution in [0.4, 0.5) is 0 Å². The van der Waals surface area contributed by atoms with Crippen LogP contribution in [0.15, 0.2) is 0 Å². The number of carbonyl (C=O) groups excluding carboxylic acids is 1. The highest BCUT2D eigenvalue weighted by Gasteiger charge is 2.17. The first-order valence-corrected chi connectivity index (χ1v) is 5.02. The monoisotopic (exact) mass is 236 g/mol. The van der Waals surface area contributed by atoms with E-state index in [4.69, 9.17) is 4.74 Å². The van der Waals surface area contributed by atoms with Gasteiger partial charge in [0.25, 0.3) is 0 Å². The van der Waals surface area contributed by atoms with Crippen LogP contribution in [-0.4, -0.2) is 17.4 Å². The van der Waals surface area contributed by atoms with Crippen LogP contribution in [0, 0.1) is 5.41 Å². The highest BCUT2D eigenvalue weighted by Crippen LogP contribution is 2.18. The Morgan fingerprint density at radius 1 is 1.50 bits per heavy atom. The van der Waals surface area contributed by atoms with Crippen molar-refractivity contribution in [2.45, 2.75) is 38.9 Å². The van der Waals surface area contributed by atoms with Gasteiger partial charge >= 0.3 is 5.97 Å². The molecule has 1 atom stereocenters. The molecule has 2 nitrogen and oxygen atoms in total. The largest absolute Gasteiger partial charge is 0.464 e. The van der Waals surface area contributed by atoms with E-state index in [0.717, 1.165) is 0 Å². The second-order valence-corrected chi connectivity index (χ2v) is 5.76. The Morgan fingerprint density at radius 3 is 2.33 bits per heavy atom. The van der Waals surface area contributed by atoms with Crippen LogP contribution in [0.5, 0.6) is 0 Å². The zero-order chi connectivity index (χ0) is 9.78. The van der Waals surface area contributed by atoms with E-state index in [1.165, 1.54) is 0 Å². The predicted octanol–water partition coefficient (Wildman–Crippen LogP) is 2.75. The molecule has 0 bridgehead atoms. The topological polar surface area (TPSA) is 26.3 Å². The van der Waals surface area contributed by atoms with Crippen molar-refractivity contribution in [3.05, 3.63) is 0 Å². The molecule has 0 aromatic rings. The van der Waals surface area contributed by atoms with Gasteiger partial charge in [-0.25, -0.2) is 0 Å². The molecule has 0 rings (SSSR count). The Labute approximate surface area is 82.8 Å². The van der Waals surface area contributed by atoms with Crippen LogP contribution < -0.4 is 0 Å². The van der Waals surface area contributed by atoms with Crippen molar-refractivity contribution in [1.29, 1.82) is 0 Å². The fourth-order valence-corrected chi connectivity index (χ4v) is 0.824. The van der Waals surface area contributed by atoms with E-state index < -0.39 is 0 Å². The molecule has 0 fully saturated rings. The van der Waals surface area contributed by atoms with Gasteiger partial charge in [0, 0.05) is 4.83 Å². The van der Waals surface area contributed by atoms with E-state index in [1.807, 2.05) is 27.7 Å². The van der Waals surface area contributed by atoms with Crippen molar-refractivity contribution in [1.82, 2.24) is 0 Å². The van der Waals surface area contributed by atoms with Crippen LogP contribution in [0.3, 0.4) is 0 Å². The average molecular weight is 237 g/mol. The molecule has 0 aromatic carbocycles. The zero-order valence-corrected chi connectivity index (χ0v) is 9.77. The summed E-state index contributed by atoms with van der Waals surface area (Å²) >= 11 is 3.31. The summed E-state index contributed by atoms with van der Waals surface area (Å²) in [5.41, 5.74) is 0.0205. The fraction of sp³-hybridized carbons (Fsp3) is 0.889. The zero-order valence-electron chi connectivity index (χ0n) is 8.19.